The summed E-state index contributed by atoms with van der Waals surface area (Å²) in [5, 5.41) is 10.8. The number of nitrogens with zero attached hydrogens (tertiary/aromatic N) is 2. The highest BCUT2D eigenvalue weighted by Crippen LogP contribution is 2.44. The number of hydrogen-bond acceptors (Lipinski definition) is 4. The molecule has 4 rings (SSSR count). The first-order chi connectivity index (χ1) is 10.7. The third-order valence-electron chi connectivity index (χ3n) is 5.13. The number of nitriles is 1. The van der Waals surface area contributed by atoms with Crippen LogP contribution in [0, 0.1) is 17.4 Å². The zero-order valence-corrected chi connectivity index (χ0v) is 12.4. The molecule has 1 aromatic carbocycles. The van der Waals surface area contributed by atoms with Crippen LogP contribution in [-0.4, -0.2) is 35.5 Å². The molecule has 0 bridgehead atoms. The topological polar surface area (TPSA) is 69.1 Å². The van der Waals surface area contributed by atoms with Gasteiger partial charge < -0.3 is 14.6 Å². The average molecular weight is 295 g/mol. The lowest BCUT2D eigenvalue weighted by Gasteiger charge is -2.43. The van der Waals surface area contributed by atoms with Crippen molar-refractivity contribution in [3.63, 3.8) is 0 Å². The van der Waals surface area contributed by atoms with Crippen LogP contribution < -0.4 is 0 Å². The van der Waals surface area contributed by atoms with E-state index in [1.165, 1.54) is 23.6 Å². The Kier molecular flexibility index (Phi) is 2.86. The van der Waals surface area contributed by atoms with Crippen LogP contribution in [0.2, 0.25) is 0 Å². The summed E-state index contributed by atoms with van der Waals surface area (Å²) < 4.78 is 4.91. The number of aromatic nitrogens is 1. The van der Waals surface area contributed by atoms with Crippen LogP contribution in [0.25, 0.3) is 10.9 Å². The summed E-state index contributed by atoms with van der Waals surface area (Å²) in [6.07, 6.45) is 5.93. The SMILES string of the molecule is COC(=O)[C@H]1CC2c3cccc4[nH]cc(c34)C[C@H]2N(C#N)C1. The third-order valence-corrected chi connectivity index (χ3v) is 5.13. The van der Waals surface area contributed by atoms with E-state index in [1.54, 1.807) is 4.90 Å². The maximum Gasteiger partial charge on any atom is 0.310 e. The maximum atomic E-state index is 12.0. The fraction of sp³-hybridized carbons (Fsp3) is 0.412. The number of aromatic amines is 1. The Morgan fingerprint density at radius 3 is 3.14 bits per heavy atom. The van der Waals surface area contributed by atoms with Crippen molar-refractivity contribution in [2.45, 2.75) is 24.8 Å². The van der Waals surface area contributed by atoms with Crippen molar-refractivity contribution in [2.75, 3.05) is 13.7 Å². The van der Waals surface area contributed by atoms with Crippen molar-refractivity contribution in [3.05, 3.63) is 35.5 Å². The van der Waals surface area contributed by atoms with Gasteiger partial charge in [-0.15, -0.1) is 0 Å². The Morgan fingerprint density at radius 1 is 1.50 bits per heavy atom. The molecule has 1 unspecified atom stereocenters. The fourth-order valence-corrected chi connectivity index (χ4v) is 4.15. The lowest BCUT2D eigenvalue weighted by atomic mass is 9.72. The molecule has 3 atom stereocenters. The Hall–Kier alpha value is -2.48. The molecule has 22 heavy (non-hydrogen) atoms. The number of ether oxygens (including phenoxy) is 1. The molecule has 1 N–H and O–H groups in total. The summed E-state index contributed by atoms with van der Waals surface area (Å²) in [7, 11) is 1.41. The standard InChI is InChI=1S/C17H17N3O2/c1-22-17(21)11-5-13-12-3-2-4-14-16(12)10(7-19-14)6-15(13)20(8-11)9-18/h2-4,7,11,13,15,19H,5-6,8H2,1H3/t11-,13?,15+/m0/s1. The highest BCUT2D eigenvalue weighted by atomic mass is 16.5. The summed E-state index contributed by atoms with van der Waals surface area (Å²) in [5.74, 6) is -0.253. The summed E-state index contributed by atoms with van der Waals surface area (Å²) in [6, 6.07) is 6.38. The van der Waals surface area contributed by atoms with E-state index in [9.17, 15) is 10.1 Å². The number of methoxy groups -OCH3 is 1. The number of nitrogens with one attached hydrogen (secondary N) is 1. The molecule has 0 amide bonds. The van der Waals surface area contributed by atoms with Crippen molar-refractivity contribution >= 4 is 16.9 Å². The molecular formula is C17H17N3O2. The number of carbonyl (C=O) groups excluding carboxylic acids is 1. The number of hydrogen-bond donors (Lipinski definition) is 1. The van der Waals surface area contributed by atoms with Gasteiger partial charge in [0.1, 0.15) is 0 Å². The van der Waals surface area contributed by atoms with E-state index in [4.69, 9.17) is 4.74 Å². The van der Waals surface area contributed by atoms with Gasteiger partial charge in [-0.3, -0.25) is 4.79 Å². The smallest absolute Gasteiger partial charge is 0.310 e. The minimum Gasteiger partial charge on any atom is -0.469 e. The lowest BCUT2D eigenvalue weighted by Crippen LogP contribution is -2.49. The van der Waals surface area contributed by atoms with E-state index in [-0.39, 0.29) is 23.8 Å². The molecule has 5 heteroatoms. The first kappa shape index (κ1) is 13.2. The molecule has 2 heterocycles. The molecular weight excluding hydrogens is 278 g/mol. The van der Waals surface area contributed by atoms with Gasteiger partial charge in [0, 0.05) is 29.6 Å². The monoisotopic (exact) mass is 295 g/mol. The van der Waals surface area contributed by atoms with Crippen molar-refractivity contribution in [3.8, 4) is 6.19 Å². The predicted molar refractivity (Wildman–Crippen MR) is 81.0 cm³/mol. The maximum absolute atomic E-state index is 12.0. The number of fused-ring (bicyclic) bond motifs is 2. The van der Waals surface area contributed by atoms with Gasteiger partial charge in [0.2, 0.25) is 0 Å². The summed E-state index contributed by atoms with van der Waals surface area (Å²) >= 11 is 0. The minimum absolute atomic E-state index is 0.139. The Balaban J connectivity index is 1.82. The van der Waals surface area contributed by atoms with Crippen molar-refractivity contribution in [1.29, 1.82) is 5.26 Å². The first-order valence-electron chi connectivity index (χ1n) is 7.56. The minimum atomic E-state index is -0.235. The molecule has 0 radical (unpaired) electrons. The quantitative estimate of drug-likeness (QED) is 0.646. The molecule has 2 aromatic rings. The second-order valence-corrected chi connectivity index (χ2v) is 6.17. The first-order valence-corrected chi connectivity index (χ1v) is 7.56. The average Bonchev–Trinajstić information content (AvgIpc) is 2.98. The highest BCUT2D eigenvalue weighted by Gasteiger charge is 2.43. The molecule has 1 fully saturated rings. The van der Waals surface area contributed by atoms with Gasteiger partial charge in [0.15, 0.2) is 6.19 Å². The lowest BCUT2D eigenvalue weighted by molar-refractivity contribution is -0.147. The largest absolute Gasteiger partial charge is 0.469 e. The number of likely N-dealkylation sites (tertiary alicyclic amines) is 1. The predicted octanol–water partition coefficient (Wildman–Crippen LogP) is 2.15. The number of piperidine rings is 1. The number of esters is 1. The molecule has 2 aliphatic rings. The third kappa shape index (κ3) is 1.73. The van der Waals surface area contributed by atoms with Gasteiger partial charge in [-0.2, -0.15) is 5.26 Å². The molecule has 1 aliphatic heterocycles. The molecule has 5 nitrogen and oxygen atoms in total. The van der Waals surface area contributed by atoms with Gasteiger partial charge in [0.25, 0.3) is 0 Å². The van der Waals surface area contributed by atoms with Crippen LogP contribution in [0.15, 0.2) is 24.4 Å². The molecule has 1 saturated heterocycles. The summed E-state index contributed by atoms with van der Waals surface area (Å²) in [4.78, 5) is 17.1. The Bertz CT molecular complexity index is 789. The second-order valence-electron chi connectivity index (χ2n) is 6.17. The Labute approximate surface area is 128 Å². The van der Waals surface area contributed by atoms with Crippen molar-refractivity contribution < 1.29 is 9.53 Å². The number of carbonyl (C=O) groups is 1. The van der Waals surface area contributed by atoms with E-state index >= 15 is 0 Å². The van der Waals surface area contributed by atoms with Gasteiger partial charge in [0.05, 0.1) is 19.1 Å². The molecule has 112 valence electrons. The van der Waals surface area contributed by atoms with Gasteiger partial charge in [-0.25, -0.2) is 0 Å². The van der Waals surface area contributed by atoms with Crippen molar-refractivity contribution in [2.24, 2.45) is 5.92 Å². The van der Waals surface area contributed by atoms with Gasteiger partial charge >= 0.3 is 5.97 Å². The molecule has 0 spiro atoms. The fourth-order valence-electron chi connectivity index (χ4n) is 4.15. The van der Waals surface area contributed by atoms with Crippen LogP contribution in [0.3, 0.4) is 0 Å². The number of rotatable bonds is 1. The van der Waals surface area contributed by atoms with Crippen molar-refractivity contribution in [1.82, 2.24) is 9.88 Å². The highest BCUT2D eigenvalue weighted by molar-refractivity contribution is 5.88. The normalized spacial score (nSPS) is 26.4. The molecule has 1 aliphatic carbocycles. The van der Waals surface area contributed by atoms with Crippen LogP contribution in [0.5, 0.6) is 0 Å². The number of H-pyrrole nitrogens is 1. The summed E-state index contributed by atoms with van der Waals surface area (Å²) in [6.45, 7) is 0.458. The zero-order valence-electron chi connectivity index (χ0n) is 12.4. The van der Waals surface area contributed by atoms with Crippen LogP contribution in [-0.2, 0) is 16.0 Å². The van der Waals surface area contributed by atoms with Gasteiger partial charge in [-0.1, -0.05) is 12.1 Å². The number of benzene rings is 1. The van der Waals surface area contributed by atoms with E-state index in [2.05, 4.69) is 23.3 Å². The zero-order chi connectivity index (χ0) is 15.3. The molecule has 1 aromatic heterocycles. The van der Waals surface area contributed by atoms with E-state index < -0.39 is 0 Å². The Morgan fingerprint density at radius 2 is 2.36 bits per heavy atom. The van der Waals surface area contributed by atoms with Crippen LogP contribution in [0.4, 0.5) is 0 Å². The summed E-state index contributed by atoms with van der Waals surface area (Å²) in [5.41, 5.74) is 3.65. The van der Waals surface area contributed by atoms with E-state index in [0.29, 0.717) is 6.54 Å². The van der Waals surface area contributed by atoms with Crippen LogP contribution in [0.1, 0.15) is 23.5 Å². The van der Waals surface area contributed by atoms with E-state index in [0.717, 1.165) is 18.4 Å². The van der Waals surface area contributed by atoms with E-state index in [1.807, 2.05) is 12.3 Å². The van der Waals surface area contributed by atoms with Crippen LogP contribution >= 0.6 is 0 Å². The molecule has 0 saturated carbocycles. The second kappa shape index (κ2) is 4.77. The van der Waals surface area contributed by atoms with Gasteiger partial charge in [-0.05, 0) is 30.0 Å².